The van der Waals surface area contributed by atoms with Crippen molar-refractivity contribution in [2.45, 2.75) is 13.8 Å². The highest BCUT2D eigenvalue weighted by Gasteiger charge is 2.20. The van der Waals surface area contributed by atoms with Crippen molar-refractivity contribution < 1.29 is 38.1 Å². The molecule has 0 heterocycles. The van der Waals surface area contributed by atoms with Crippen molar-refractivity contribution in [1.82, 2.24) is 0 Å². The summed E-state index contributed by atoms with van der Waals surface area (Å²) in [6, 6.07) is 6.80. The van der Waals surface area contributed by atoms with E-state index < -0.39 is 17.9 Å². The Hall–Kier alpha value is -3.13. The third kappa shape index (κ3) is 9.57. The third-order valence-corrected chi connectivity index (χ3v) is 3.32. The molecule has 0 aliphatic carbocycles. The molecule has 0 radical (unpaired) electrons. The van der Waals surface area contributed by atoms with Crippen molar-refractivity contribution in [3.63, 3.8) is 0 Å². The van der Waals surface area contributed by atoms with Gasteiger partial charge in [-0.3, -0.25) is 0 Å². The van der Waals surface area contributed by atoms with Crippen LogP contribution in [0.15, 0.2) is 42.5 Å². The molecule has 0 saturated heterocycles. The van der Waals surface area contributed by atoms with Gasteiger partial charge in [0.05, 0.1) is 26.4 Å². The smallest absolute Gasteiger partial charge is 0.345 e. The van der Waals surface area contributed by atoms with Crippen LogP contribution in [0.2, 0.25) is 0 Å². The van der Waals surface area contributed by atoms with Crippen LogP contribution >= 0.6 is 0 Å². The first-order chi connectivity index (χ1) is 14.0. The molecule has 0 N–H and O–H groups in total. The van der Waals surface area contributed by atoms with Gasteiger partial charge in [0, 0.05) is 6.08 Å². The molecule has 8 nitrogen and oxygen atoms in total. The molecule has 1 aromatic rings. The molecule has 0 unspecified atom stereocenters. The molecule has 0 aliphatic rings. The Morgan fingerprint density at radius 2 is 1.45 bits per heavy atom. The third-order valence-electron chi connectivity index (χ3n) is 3.32. The van der Waals surface area contributed by atoms with Gasteiger partial charge in [-0.25, -0.2) is 14.4 Å². The molecule has 0 aromatic heterocycles. The van der Waals surface area contributed by atoms with Crippen LogP contribution in [0.25, 0.3) is 6.08 Å². The van der Waals surface area contributed by atoms with Crippen molar-refractivity contribution in [3.8, 4) is 5.75 Å². The number of benzene rings is 1. The van der Waals surface area contributed by atoms with Gasteiger partial charge in [0.15, 0.2) is 0 Å². The number of hydrogen-bond acceptors (Lipinski definition) is 8. The maximum absolute atomic E-state index is 12.0. The van der Waals surface area contributed by atoms with E-state index >= 15 is 0 Å². The molecule has 29 heavy (non-hydrogen) atoms. The second-order valence-corrected chi connectivity index (χ2v) is 5.40. The van der Waals surface area contributed by atoms with Crippen LogP contribution in [0, 0.1) is 0 Å². The monoisotopic (exact) mass is 406 g/mol. The van der Waals surface area contributed by atoms with E-state index in [9.17, 15) is 14.4 Å². The maximum Gasteiger partial charge on any atom is 0.345 e. The Labute approximate surface area is 170 Å². The maximum atomic E-state index is 12.0. The fraction of sp³-hybridized carbons (Fsp3) is 0.381. The van der Waals surface area contributed by atoms with Gasteiger partial charge in [-0.15, -0.1) is 0 Å². The van der Waals surface area contributed by atoms with Crippen LogP contribution in [-0.2, 0) is 33.3 Å². The number of carbonyl (C=O) groups excluding carboxylic acids is 3. The first-order valence-corrected chi connectivity index (χ1v) is 9.17. The minimum absolute atomic E-state index is 0.148. The molecule has 1 aromatic carbocycles. The highest BCUT2D eigenvalue weighted by molar-refractivity contribution is 6.17. The lowest BCUT2D eigenvalue weighted by Crippen LogP contribution is -2.18. The predicted molar refractivity (Wildman–Crippen MR) is 105 cm³/mol. The van der Waals surface area contributed by atoms with E-state index in [0.29, 0.717) is 24.5 Å². The van der Waals surface area contributed by atoms with E-state index in [2.05, 4.69) is 6.58 Å². The summed E-state index contributed by atoms with van der Waals surface area (Å²) in [6.45, 7) is 7.95. The Morgan fingerprint density at radius 1 is 0.862 bits per heavy atom. The molecule has 158 valence electrons. The van der Waals surface area contributed by atoms with Gasteiger partial charge in [0.25, 0.3) is 0 Å². The number of esters is 3. The molecule has 1 rings (SSSR count). The van der Waals surface area contributed by atoms with Crippen LogP contribution in [-0.4, -0.2) is 57.5 Å². The normalized spacial score (nSPS) is 9.86. The van der Waals surface area contributed by atoms with E-state index in [1.54, 1.807) is 38.1 Å². The van der Waals surface area contributed by atoms with E-state index in [0.717, 1.165) is 6.08 Å². The van der Waals surface area contributed by atoms with E-state index in [-0.39, 0.29) is 32.0 Å². The van der Waals surface area contributed by atoms with Crippen LogP contribution < -0.4 is 4.74 Å². The number of carbonyl (C=O) groups is 3. The Morgan fingerprint density at radius 3 is 2.00 bits per heavy atom. The van der Waals surface area contributed by atoms with Crippen LogP contribution in [0.3, 0.4) is 0 Å². The molecule has 0 aliphatic heterocycles. The first-order valence-electron chi connectivity index (χ1n) is 9.17. The molecule has 0 bridgehead atoms. The first kappa shape index (κ1) is 23.9. The van der Waals surface area contributed by atoms with Crippen molar-refractivity contribution in [2.24, 2.45) is 0 Å². The standard InChI is InChI=1S/C21H26O8/c1-4-19(22)29-14-12-25-11-13-28-17-9-7-16(8-10-17)15-18(20(23)26-5-2)21(24)27-6-3/h4,7-10,15H,1,5-6,11-14H2,2-3H3. The van der Waals surface area contributed by atoms with Gasteiger partial charge in [-0.1, -0.05) is 18.7 Å². The van der Waals surface area contributed by atoms with Crippen molar-refractivity contribution in [1.29, 1.82) is 0 Å². The summed E-state index contributed by atoms with van der Waals surface area (Å²) < 4.78 is 25.4. The minimum Gasteiger partial charge on any atom is -0.491 e. The quantitative estimate of drug-likeness (QED) is 0.123. The molecule has 0 atom stereocenters. The van der Waals surface area contributed by atoms with Gasteiger partial charge in [-0.05, 0) is 37.6 Å². The Balaban J connectivity index is 2.53. The van der Waals surface area contributed by atoms with Gasteiger partial charge >= 0.3 is 17.9 Å². The molecule has 0 amide bonds. The predicted octanol–water partition coefficient (Wildman–Crippen LogP) is 2.32. The summed E-state index contributed by atoms with van der Waals surface area (Å²) >= 11 is 0. The highest BCUT2D eigenvalue weighted by Crippen LogP contribution is 2.16. The van der Waals surface area contributed by atoms with Gasteiger partial charge in [-0.2, -0.15) is 0 Å². The van der Waals surface area contributed by atoms with E-state index in [1.165, 1.54) is 6.08 Å². The topological polar surface area (TPSA) is 97.4 Å². The van der Waals surface area contributed by atoms with Crippen molar-refractivity contribution >= 4 is 24.0 Å². The lowest BCUT2D eigenvalue weighted by Gasteiger charge is -2.08. The summed E-state index contributed by atoms with van der Waals surface area (Å²) in [4.78, 5) is 34.8. The fourth-order valence-electron chi connectivity index (χ4n) is 2.03. The lowest BCUT2D eigenvalue weighted by molar-refractivity contribution is -0.146. The second kappa shape index (κ2) is 14.0. The second-order valence-electron chi connectivity index (χ2n) is 5.40. The van der Waals surface area contributed by atoms with E-state index in [1.807, 2.05) is 0 Å². The average molecular weight is 406 g/mol. The summed E-state index contributed by atoms with van der Waals surface area (Å²) in [6.07, 6.45) is 2.50. The zero-order chi connectivity index (χ0) is 21.5. The lowest BCUT2D eigenvalue weighted by atomic mass is 10.1. The highest BCUT2D eigenvalue weighted by atomic mass is 16.6. The summed E-state index contributed by atoms with van der Waals surface area (Å²) in [5.74, 6) is -1.37. The Bertz CT molecular complexity index is 686. The largest absolute Gasteiger partial charge is 0.491 e. The zero-order valence-corrected chi connectivity index (χ0v) is 16.7. The summed E-state index contributed by atoms with van der Waals surface area (Å²) in [5, 5.41) is 0. The van der Waals surface area contributed by atoms with Crippen LogP contribution in [0.4, 0.5) is 0 Å². The van der Waals surface area contributed by atoms with Crippen molar-refractivity contribution in [3.05, 3.63) is 48.1 Å². The molecule has 8 heteroatoms. The minimum atomic E-state index is -0.734. The van der Waals surface area contributed by atoms with Crippen molar-refractivity contribution in [2.75, 3.05) is 39.6 Å². The SMILES string of the molecule is C=CC(=O)OCCOCCOc1ccc(C=C(C(=O)OCC)C(=O)OCC)cc1. The molecule has 0 saturated carbocycles. The zero-order valence-electron chi connectivity index (χ0n) is 16.7. The molecule has 0 spiro atoms. The van der Waals surface area contributed by atoms with E-state index in [4.69, 9.17) is 23.7 Å². The fourth-order valence-corrected chi connectivity index (χ4v) is 2.03. The van der Waals surface area contributed by atoms with Crippen LogP contribution in [0.5, 0.6) is 5.75 Å². The number of hydrogen-bond donors (Lipinski definition) is 0. The van der Waals surface area contributed by atoms with Crippen LogP contribution in [0.1, 0.15) is 19.4 Å². The number of ether oxygens (including phenoxy) is 5. The van der Waals surface area contributed by atoms with Gasteiger partial charge in [0.1, 0.15) is 24.5 Å². The summed E-state index contributed by atoms with van der Waals surface area (Å²) in [7, 11) is 0. The number of rotatable bonds is 13. The molecule has 0 fully saturated rings. The van der Waals surface area contributed by atoms with Gasteiger partial charge < -0.3 is 23.7 Å². The molecular weight excluding hydrogens is 380 g/mol. The molecular formula is C21H26O8. The summed E-state index contributed by atoms with van der Waals surface area (Å²) in [5.41, 5.74) is 0.446. The van der Waals surface area contributed by atoms with Gasteiger partial charge in [0.2, 0.25) is 0 Å². The Kier molecular flexibility index (Phi) is 11.5. The average Bonchev–Trinajstić information content (AvgIpc) is 2.72.